The highest BCUT2D eigenvalue weighted by molar-refractivity contribution is 7.92. The molecule has 2 atom stereocenters. The summed E-state index contributed by atoms with van der Waals surface area (Å²) in [7, 11) is 0. The summed E-state index contributed by atoms with van der Waals surface area (Å²) in [5.74, 6) is 0.494. The Morgan fingerprint density at radius 2 is 1.94 bits per heavy atom. The Morgan fingerprint density at radius 1 is 1.23 bits per heavy atom. The standard InChI is InChI=1S/C26H29ClN4O3S/c1-3-4-5-19-15-31(23(32)14-17-6-12-21(13-7-17)30-35(2)34)16-22-24(19)28-25(29-26(22)33)18-8-10-20(27)11-9-18/h6-13,19,30H,3-5,14-16H2,1-2H3,(H,28,29,33). The van der Waals surface area contributed by atoms with Crippen LogP contribution >= 0.6 is 11.6 Å². The van der Waals surface area contributed by atoms with Crippen LogP contribution in [0.25, 0.3) is 11.4 Å². The molecule has 0 saturated heterocycles. The number of unbranched alkanes of at least 4 members (excludes halogenated alkanes) is 1. The molecular formula is C26H29ClN4O3S. The van der Waals surface area contributed by atoms with Crippen molar-refractivity contribution in [2.75, 3.05) is 17.5 Å². The molecule has 2 heterocycles. The number of aromatic amines is 1. The number of halogens is 1. The van der Waals surface area contributed by atoms with E-state index >= 15 is 0 Å². The van der Waals surface area contributed by atoms with Gasteiger partial charge in [-0.25, -0.2) is 9.71 Å². The van der Waals surface area contributed by atoms with E-state index in [1.165, 1.54) is 0 Å². The Kier molecular flexibility index (Phi) is 8.15. The minimum Gasteiger partial charge on any atom is -0.593 e. The summed E-state index contributed by atoms with van der Waals surface area (Å²) in [5.41, 5.74) is 3.55. The Hall–Kier alpha value is -2.81. The van der Waals surface area contributed by atoms with Crippen LogP contribution in [-0.4, -0.2) is 38.1 Å². The van der Waals surface area contributed by atoms with Crippen LogP contribution in [0.5, 0.6) is 0 Å². The van der Waals surface area contributed by atoms with Crippen molar-refractivity contribution < 1.29 is 9.35 Å². The molecule has 0 bridgehead atoms. The molecule has 4 rings (SSSR count). The number of benzene rings is 2. The lowest BCUT2D eigenvalue weighted by atomic mass is 9.90. The third kappa shape index (κ3) is 6.25. The van der Waals surface area contributed by atoms with Gasteiger partial charge in [0, 0.05) is 23.0 Å². The molecule has 0 radical (unpaired) electrons. The average molecular weight is 513 g/mol. The monoisotopic (exact) mass is 512 g/mol. The van der Waals surface area contributed by atoms with Crippen LogP contribution < -0.4 is 10.3 Å². The zero-order chi connectivity index (χ0) is 24.9. The number of rotatable bonds is 8. The van der Waals surface area contributed by atoms with Crippen molar-refractivity contribution in [3.8, 4) is 11.4 Å². The number of amides is 1. The second kappa shape index (κ2) is 11.3. The Labute approximate surface area is 213 Å². The van der Waals surface area contributed by atoms with Crippen LogP contribution in [0.2, 0.25) is 5.02 Å². The first-order chi connectivity index (χ1) is 16.8. The van der Waals surface area contributed by atoms with E-state index in [9.17, 15) is 14.1 Å². The van der Waals surface area contributed by atoms with Gasteiger partial charge in [-0.05, 0) is 48.4 Å². The maximum absolute atomic E-state index is 13.2. The molecule has 184 valence electrons. The lowest BCUT2D eigenvalue weighted by Gasteiger charge is -2.34. The molecule has 0 aliphatic carbocycles. The highest BCUT2D eigenvalue weighted by atomic mass is 35.5. The molecular weight excluding hydrogens is 484 g/mol. The van der Waals surface area contributed by atoms with Crippen molar-refractivity contribution in [3.63, 3.8) is 0 Å². The van der Waals surface area contributed by atoms with Crippen LogP contribution in [0.1, 0.15) is 48.9 Å². The SMILES string of the molecule is CCCCC1CN(C(=O)Cc2ccc(N[S+](C)[O-])cc2)Cc2c1nc(-c1ccc(Cl)cc1)[nH]c2=O. The Bertz CT molecular complexity index is 1230. The van der Waals surface area contributed by atoms with Crippen LogP contribution in [0.4, 0.5) is 5.69 Å². The number of anilines is 1. The fourth-order valence-electron chi connectivity index (χ4n) is 4.37. The van der Waals surface area contributed by atoms with Gasteiger partial charge in [0.05, 0.1) is 41.3 Å². The van der Waals surface area contributed by atoms with Crippen molar-refractivity contribution in [2.45, 2.75) is 45.1 Å². The number of aromatic nitrogens is 2. The molecule has 0 fully saturated rings. The van der Waals surface area contributed by atoms with Crippen molar-refractivity contribution in [1.82, 2.24) is 14.9 Å². The molecule has 1 aliphatic heterocycles. The molecule has 2 aromatic carbocycles. The molecule has 35 heavy (non-hydrogen) atoms. The lowest BCUT2D eigenvalue weighted by Crippen LogP contribution is -2.42. The number of nitrogens with one attached hydrogen (secondary N) is 2. The number of fused-ring (bicyclic) bond motifs is 1. The Balaban J connectivity index is 1.57. The number of hydrogen-bond acceptors (Lipinski definition) is 5. The van der Waals surface area contributed by atoms with Gasteiger partial charge in [0.1, 0.15) is 12.1 Å². The summed E-state index contributed by atoms with van der Waals surface area (Å²) < 4.78 is 14.2. The van der Waals surface area contributed by atoms with Gasteiger partial charge in [0.15, 0.2) is 0 Å². The maximum Gasteiger partial charge on any atom is 0.256 e. The molecule has 7 nitrogen and oxygen atoms in total. The van der Waals surface area contributed by atoms with Gasteiger partial charge in [0.25, 0.3) is 5.56 Å². The van der Waals surface area contributed by atoms with E-state index in [2.05, 4.69) is 16.6 Å². The number of nitrogens with zero attached hydrogens (tertiary/aromatic N) is 2. The van der Waals surface area contributed by atoms with E-state index < -0.39 is 11.4 Å². The molecule has 2 N–H and O–H groups in total. The topological polar surface area (TPSA) is 101 Å². The van der Waals surface area contributed by atoms with Crippen LogP contribution in [0.15, 0.2) is 53.3 Å². The zero-order valence-electron chi connectivity index (χ0n) is 19.8. The summed E-state index contributed by atoms with van der Waals surface area (Å²) in [4.78, 5) is 35.8. The molecule has 0 spiro atoms. The van der Waals surface area contributed by atoms with Crippen LogP contribution in [0, 0.1) is 0 Å². The number of hydrogen-bond donors (Lipinski definition) is 2. The third-order valence-electron chi connectivity index (χ3n) is 6.17. The first kappa shape index (κ1) is 25.3. The summed E-state index contributed by atoms with van der Waals surface area (Å²) >= 11 is 4.86. The predicted octanol–water partition coefficient (Wildman–Crippen LogP) is 4.65. The largest absolute Gasteiger partial charge is 0.593 e. The van der Waals surface area contributed by atoms with E-state index in [0.29, 0.717) is 23.0 Å². The highest BCUT2D eigenvalue weighted by Crippen LogP contribution is 2.31. The zero-order valence-corrected chi connectivity index (χ0v) is 21.4. The molecule has 1 aliphatic rings. The normalized spacial score (nSPS) is 16.0. The number of carbonyl (C=O) groups excluding carboxylic acids is 1. The smallest absolute Gasteiger partial charge is 0.256 e. The third-order valence-corrected chi connectivity index (χ3v) is 6.95. The predicted molar refractivity (Wildman–Crippen MR) is 141 cm³/mol. The van der Waals surface area contributed by atoms with Crippen LogP contribution in [0.3, 0.4) is 0 Å². The summed E-state index contributed by atoms with van der Waals surface area (Å²) in [6.45, 7) is 2.91. The molecule has 2 unspecified atom stereocenters. The fraction of sp³-hybridized carbons (Fsp3) is 0.346. The van der Waals surface area contributed by atoms with Gasteiger partial charge in [-0.2, -0.15) is 0 Å². The Morgan fingerprint density at radius 3 is 2.60 bits per heavy atom. The van der Waals surface area contributed by atoms with Gasteiger partial charge in [-0.1, -0.05) is 43.5 Å². The van der Waals surface area contributed by atoms with Crippen molar-refractivity contribution in [1.29, 1.82) is 0 Å². The molecule has 0 saturated carbocycles. The first-order valence-electron chi connectivity index (χ1n) is 11.7. The van der Waals surface area contributed by atoms with E-state index in [1.54, 1.807) is 23.3 Å². The van der Waals surface area contributed by atoms with Gasteiger partial charge in [-0.15, -0.1) is 0 Å². The van der Waals surface area contributed by atoms with Crippen LogP contribution in [-0.2, 0) is 29.1 Å². The van der Waals surface area contributed by atoms with Crippen molar-refractivity contribution in [3.05, 3.63) is 80.7 Å². The summed E-state index contributed by atoms with van der Waals surface area (Å²) in [5, 5.41) is 0.621. The van der Waals surface area contributed by atoms with E-state index in [4.69, 9.17) is 16.6 Å². The van der Waals surface area contributed by atoms with Crippen molar-refractivity contribution in [2.24, 2.45) is 0 Å². The van der Waals surface area contributed by atoms with E-state index in [-0.39, 0.29) is 30.3 Å². The van der Waals surface area contributed by atoms with E-state index in [0.717, 1.165) is 41.8 Å². The lowest BCUT2D eigenvalue weighted by molar-refractivity contribution is -0.131. The second-order valence-electron chi connectivity index (χ2n) is 8.83. The summed E-state index contributed by atoms with van der Waals surface area (Å²) in [6.07, 6.45) is 4.67. The van der Waals surface area contributed by atoms with Gasteiger partial charge in [-0.3, -0.25) is 9.59 Å². The first-order valence-corrected chi connectivity index (χ1v) is 13.6. The minimum atomic E-state index is -1.15. The minimum absolute atomic E-state index is 0.00195. The van der Waals surface area contributed by atoms with Gasteiger partial charge in [0.2, 0.25) is 5.91 Å². The van der Waals surface area contributed by atoms with E-state index in [1.807, 2.05) is 36.4 Å². The number of carbonyl (C=O) groups is 1. The molecule has 9 heteroatoms. The second-order valence-corrected chi connectivity index (χ2v) is 10.4. The molecule has 3 aromatic rings. The van der Waals surface area contributed by atoms with Gasteiger partial charge >= 0.3 is 0 Å². The average Bonchev–Trinajstić information content (AvgIpc) is 2.84. The highest BCUT2D eigenvalue weighted by Gasteiger charge is 2.31. The van der Waals surface area contributed by atoms with Crippen molar-refractivity contribution >= 4 is 34.6 Å². The van der Waals surface area contributed by atoms with Gasteiger partial charge < -0.3 is 14.4 Å². The summed E-state index contributed by atoms with van der Waals surface area (Å²) in [6, 6.07) is 14.6. The maximum atomic E-state index is 13.2. The fourth-order valence-corrected chi connectivity index (χ4v) is 4.96. The quantitative estimate of drug-likeness (QED) is 0.428. The molecule has 1 amide bonds. The molecule has 1 aromatic heterocycles. The number of H-pyrrole nitrogens is 1.